The van der Waals surface area contributed by atoms with Crippen LogP contribution in [0.4, 0.5) is 0 Å². The van der Waals surface area contributed by atoms with Gasteiger partial charge in [-0.25, -0.2) is 0 Å². The average Bonchev–Trinajstić information content (AvgIpc) is 2.72. The van der Waals surface area contributed by atoms with Crippen molar-refractivity contribution in [3.8, 4) is 0 Å². The molecule has 0 bridgehead atoms. The van der Waals surface area contributed by atoms with Crippen LogP contribution < -0.4 is 5.32 Å². The number of ketones is 1. The third-order valence-corrected chi connectivity index (χ3v) is 3.06. The predicted octanol–water partition coefficient (Wildman–Crippen LogP) is 2.27. The highest BCUT2D eigenvalue weighted by molar-refractivity contribution is 6.43. The molecule has 1 amide bonds. The van der Waals surface area contributed by atoms with Crippen molar-refractivity contribution in [1.82, 2.24) is 5.32 Å². The molecule has 0 aromatic heterocycles. The van der Waals surface area contributed by atoms with E-state index in [1.54, 1.807) is 6.07 Å². The smallest absolute Gasteiger partial charge is 0.292 e. The summed E-state index contributed by atoms with van der Waals surface area (Å²) in [4.78, 5) is 23.8. The maximum atomic E-state index is 12.0. The SMILES string of the molecule is CC(C)(C)NC(=O)C(=O)c1ccc2c(c1)CCC2. The molecule has 18 heavy (non-hydrogen) atoms. The van der Waals surface area contributed by atoms with Gasteiger partial charge in [-0.2, -0.15) is 0 Å². The van der Waals surface area contributed by atoms with Crippen LogP contribution in [0.5, 0.6) is 0 Å². The highest BCUT2D eigenvalue weighted by Crippen LogP contribution is 2.23. The maximum absolute atomic E-state index is 12.0. The monoisotopic (exact) mass is 245 g/mol. The fourth-order valence-electron chi connectivity index (χ4n) is 2.24. The van der Waals surface area contributed by atoms with Crippen LogP contribution in [0.25, 0.3) is 0 Å². The molecular formula is C15H19NO2. The van der Waals surface area contributed by atoms with Gasteiger partial charge in [-0.15, -0.1) is 0 Å². The first-order valence-electron chi connectivity index (χ1n) is 6.35. The lowest BCUT2D eigenvalue weighted by atomic mass is 10.0. The Kier molecular flexibility index (Phi) is 3.24. The van der Waals surface area contributed by atoms with Gasteiger partial charge in [0.1, 0.15) is 0 Å². The van der Waals surface area contributed by atoms with Crippen molar-refractivity contribution in [1.29, 1.82) is 0 Å². The number of hydrogen-bond acceptors (Lipinski definition) is 2. The van der Waals surface area contributed by atoms with Crippen molar-refractivity contribution in [2.75, 3.05) is 0 Å². The summed E-state index contributed by atoms with van der Waals surface area (Å²) in [6.07, 6.45) is 3.23. The van der Waals surface area contributed by atoms with Gasteiger partial charge >= 0.3 is 0 Å². The summed E-state index contributed by atoms with van der Waals surface area (Å²) in [6.45, 7) is 5.59. The van der Waals surface area contributed by atoms with Gasteiger partial charge < -0.3 is 5.32 Å². The highest BCUT2D eigenvalue weighted by Gasteiger charge is 2.22. The van der Waals surface area contributed by atoms with Gasteiger partial charge in [-0.1, -0.05) is 12.1 Å². The van der Waals surface area contributed by atoms with E-state index in [1.165, 1.54) is 11.1 Å². The Morgan fingerprint density at radius 3 is 2.44 bits per heavy atom. The molecule has 2 rings (SSSR count). The maximum Gasteiger partial charge on any atom is 0.292 e. The van der Waals surface area contributed by atoms with E-state index >= 15 is 0 Å². The van der Waals surface area contributed by atoms with E-state index in [0.717, 1.165) is 19.3 Å². The molecule has 1 N–H and O–H groups in total. The Morgan fingerprint density at radius 2 is 1.78 bits per heavy atom. The van der Waals surface area contributed by atoms with E-state index in [2.05, 4.69) is 5.32 Å². The lowest BCUT2D eigenvalue weighted by molar-refractivity contribution is -0.118. The van der Waals surface area contributed by atoms with Crippen LogP contribution in [-0.2, 0) is 17.6 Å². The van der Waals surface area contributed by atoms with E-state index in [9.17, 15) is 9.59 Å². The largest absolute Gasteiger partial charge is 0.345 e. The minimum Gasteiger partial charge on any atom is -0.345 e. The standard InChI is InChI=1S/C15H19NO2/c1-15(2,3)16-14(18)13(17)12-8-7-10-5-4-6-11(10)9-12/h7-9H,4-6H2,1-3H3,(H,16,18). The van der Waals surface area contributed by atoms with E-state index in [-0.39, 0.29) is 5.54 Å². The molecule has 1 aromatic rings. The summed E-state index contributed by atoms with van der Waals surface area (Å²) in [6, 6.07) is 5.60. The number of fused-ring (bicyclic) bond motifs is 1. The van der Waals surface area contributed by atoms with Gasteiger partial charge in [0.05, 0.1) is 0 Å². The van der Waals surface area contributed by atoms with Gasteiger partial charge in [-0.05, 0) is 57.2 Å². The molecular weight excluding hydrogens is 226 g/mol. The molecule has 3 nitrogen and oxygen atoms in total. The van der Waals surface area contributed by atoms with Crippen molar-refractivity contribution in [2.45, 2.75) is 45.6 Å². The second-order valence-corrected chi connectivity index (χ2v) is 5.87. The second kappa shape index (κ2) is 4.56. The topological polar surface area (TPSA) is 46.2 Å². The summed E-state index contributed by atoms with van der Waals surface area (Å²) in [5, 5.41) is 2.70. The van der Waals surface area contributed by atoms with E-state index in [4.69, 9.17) is 0 Å². The molecule has 0 unspecified atom stereocenters. The van der Waals surface area contributed by atoms with Crippen LogP contribution in [0.1, 0.15) is 48.7 Å². The van der Waals surface area contributed by atoms with E-state index < -0.39 is 11.7 Å². The lowest BCUT2D eigenvalue weighted by Crippen LogP contribution is -2.44. The van der Waals surface area contributed by atoms with Crippen LogP contribution in [0.2, 0.25) is 0 Å². The third kappa shape index (κ3) is 2.78. The van der Waals surface area contributed by atoms with Crippen molar-refractivity contribution in [2.24, 2.45) is 0 Å². The van der Waals surface area contributed by atoms with Crippen LogP contribution in [0.15, 0.2) is 18.2 Å². The van der Waals surface area contributed by atoms with Crippen LogP contribution >= 0.6 is 0 Å². The van der Waals surface area contributed by atoms with Crippen molar-refractivity contribution in [3.05, 3.63) is 34.9 Å². The van der Waals surface area contributed by atoms with Gasteiger partial charge in [0.15, 0.2) is 0 Å². The van der Waals surface area contributed by atoms with E-state index in [0.29, 0.717) is 5.56 Å². The zero-order valence-corrected chi connectivity index (χ0v) is 11.2. The van der Waals surface area contributed by atoms with Crippen LogP contribution in [-0.4, -0.2) is 17.2 Å². The molecule has 0 saturated carbocycles. The van der Waals surface area contributed by atoms with Gasteiger partial charge in [-0.3, -0.25) is 9.59 Å². The Morgan fingerprint density at radius 1 is 1.11 bits per heavy atom. The molecule has 0 spiro atoms. The summed E-state index contributed by atoms with van der Waals surface area (Å²) in [7, 11) is 0. The van der Waals surface area contributed by atoms with Crippen molar-refractivity contribution < 1.29 is 9.59 Å². The zero-order chi connectivity index (χ0) is 13.3. The first-order valence-corrected chi connectivity index (χ1v) is 6.35. The Balaban J connectivity index is 2.17. The molecule has 0 heterocycles. The molecule has 3 heteroatoms. The summed E-state index contributed by atoms with van der Waals surface area (Å²) >= 11 is 0. The molecule has 1 aliphatic rings. The van der Waals surface area contributed by atoms with Crippen molar-refractivity contribution >= 4 is 11.7 Å². The second-order valence-electron chi connectivity index (χ2n) is 5.87. The number of rotatable bonds is 2. The summed E-state index contributed by atoms with van der Waals surface area (Å²) in [5.74, 6) is -0.972. The summed E-state index contributed by atoms with van der Waals surface area (Å²) < 4.78 is 0. The Hall–Kier alpha value is -1.64. The number of carbonyl (C=O) groups excluding carboxylic acids is 2. The van der Waals surface area contributed by atoms with Crippen LogP contribution in [0, 0.1) is 0 Å². The molecule has 0 radical (unpaired) electrons. The summed E-state index contributed by atoms with van der Waals surface area (Å²) in [5.41, 5.74) is 2.63. The number of nitrogens with one attached hydrogen (secondary N) is 1. The van der Waals surface area contributed by atoms with Crippen molar-refractivity contribution in [3.63, 3.8) is 0 Å². The fourth-order valence-corrected chi connectivity index (χ4v) is 2.24. The van der Waals surface area contributed by atoms with Gasteiger partial charge in [0.2, 0.25) is 5.78 Å². The molecule has 1 aliphatic carbocycles. The molecule has 0 fully saturated rings. The normalized spacial score (nSPS) is 14.2. The number of Topliss-reactive ketones (excluding diaryl/α,β-unsaturated/α-hetero) is 1. The molecule has 1 aromatic carbocycles. The lowest BCUT2D eigenvalue weighted by Gasteiger charge is -2.19. The number of benzene rings is 1. The Bertz CT molecular complexity index is 498. The average molecular weight is 245 g/mol. The first kappa shape index (κ1) is 12.8. The van der Waals surface area contributed by atoms with Gasteiger partial charge in [0, 0.05) is 11.1 Å². The molecule has 96 valence electrons. The van der Waals surface area contributed by atoms with Gasteiger partial charge in [0.25, 0.3) is 5.91 Å². The number of amides is 1. The van der Waals surface area contributed by atoms with E-state index in [1.807, 2.05) is 32.9 Å². The minimum atomic E-state index is -0.527. The Labute approximate surface area is 108 Å². The zero-order valence-electron chi connectivity index (χ0n) is 11.2. The number of carbonyl (C=O) groups is 2. The fraction of sp³-hybridized carbons (Fsp3) is 0.467. The minimum absolute atomic E-state index is 0.385. The number of hydrogen-bond donors (Lipinski definition) is 1. The molecule has 0 saturated heterocycles. The first-order chi connectivity index (χ1) is 8.37. The quantitative estimate of drug-likeness (QED) is 0.641. The highest BCUT2D eigenvalue weighted by atomic mass is 16.2. The molecule has 0 atom stereocenters. The third-order valence-electron chi connectivity index (χ3n) is 3.06. The predicted molar refractivity (Wildman–Crippen MR) is 70.7 cm³/mol. The van der Waals surface area contributed by atoms with Crippen LogP contribution in [0.3, 0.4) is 0 Å². The molecule has 0 aliphatic heterocycles. The number of aryl methyl sites for hydroxylation is 2.